The fourth-order valence-electron chi connectivity index (χ4n) is 4.19. The number of rotatable bonds is 4. The van der Waals surface area contributed by atoms with Gasteiger partial charge in [0.1, 0.15) is 5.82 Å². The second-order valence-electron chi connectivity index (χ2n) is 7.82. The molecule has 27 heavy (non-hydrogen) atoms. The molecule has 2 aromatic rings. The van der Waals surface area contributed by atoms with Crippen molar-refractivity contribution in [3.05, 3.63) is 59.3 Å². The molecule has 1 aromatic carbocycles. The van der Waals surface area contributed by atoms with Crippen molar-refractivity contribution >= 4 is 11.7 Å². The molecular weight excluding hydrogens is 336 g/mol. The molecule has 0 bridgehead atoms. The molecule has 5 nitrogen and oxygen atoms in total. The molecule has 0 N–H and O–H groups in total. The number of aromatic nitrogens is 1. The SMILES string of the molecule is CN(C[C@@H]1Cc2ccccc2CN1C)c1cc(C(=O)N2CCCC2)ccn1. The zero-order valence-corrected chi connectivity index (χ0v) is 16.3. The predicted molar refractivity (Wildman–Crippen MR) is 108 cm³/mol. The molecule has 0 unspecified atom stereocenters. The lowest BCUT2D eigenvalue weighted by Gasteiger charge is -2.36. The van der Waals surface area contributed by atoms with Gasteiger partial charge in [0.25, 0.3) is 5.91 Å². The Kier molecular flexibility index (Phi) is 5.12. The van der Waals surface area contributed by atoms with Crippen molar-refractivity contribution in [1.29, 1.82) is 0 Å². The van der Waals surface area contributed by atoms with Gasteiger partial charge < -0.3 is 9.80 Å². The summed E-state index contributed by atoms with van der Waals surface area (Å²) in [6, 6.07) is 12.9. The number of carbonyl (C=O) groups excluding carboxylic acids is 1. The molecule has 5 heteroatoms. The Morgan fingerprint density at radius 3 is 2.70 bits per heavy atom. The molecule has 1 aromatic heterocycles. The van der Waals surface area contributed by atoms with Crippen LogP contribution in [0.25, 0.3) is 0 Å². The van der Waals surface area contributed by atoms with Crippen LogP contribution >= 0.6 is 0 Å². The van der Waals surface area contributed by atoms with E-state index in [0.717, 1.165) is 56.8 Å². The van der Waals surface area contributed by atoms with Crippen LogP contribution in [0.4, 0.5) is 5.82 Å². The van der Waals surface area contributed by atoms with Crippen LogP contribution < -0.4 is 4.90 Å². The third-order valence-corrected chi connectivity index (χ3v) is 5.88. The Bertz CT molecular complexity index is 815. The Balaban J connectivity index is 1.46. The summed E-state index contributed by atoms with van der Waals surface area (Å²) in [4.78, 5) is 23.7. The molecule has 1 atom stereocenters. The monoisotopic (exact) mass is 364 g/mol. The summed E-state index contributed by atoms with van der Waals surface area (Å²) in [6.07, 6.45) is 5.02. The molecule has 2 aliphatic rings. The molecule has 3 heterocycles. The van der Waals surface area contributed by atoms with Crippen LogP contribution in [-0.4, -0.2) is 60.5 Å². The summed E-state index contributed by atoms with van der Waals surface area (Å²) in [6.45, 7) is 3.62. The van der Waals surface area contributed by atoms with E-state index in [1.165, 1.54) is 11.1 Å². The number of hydrogen-bond acceptors (Lipinski definition) is 4. The van der Waals surface area contributed by atoms with E-state index in [1.807, 2.05) is 17.0 Å². The fraction of sp³-hybridized carbons (Fsp3) is 0.455. The van der Waals surface area contributed by atoms with Gasteiger partial charge in [0, 0.05) is 51.0 Å². The highest BCUT2D eigenvalue weighted by atomic mass is 16.2. The summed E-state index contributed by atoms with van der Waals surface area (Å²) < 4.78 is 0. The average Bonchev–Trinajstić information content (AvgIpc) is 3.23. The smallest absolute Gasteiger partial charge is 0.254 e. The van der Waals surface area contributed by atoms with Crippen LogP contribution in [0.15, 0.2) is 42.6 Å². The predicted octanol–water partition coefficient (Wildman–Crippen LogP) is 2.81. The standard InChI is InChI=1S/C22H28N4O/c1-24-15-19-8-4-3-7-17(19)13-20(24)16-25(2)21-14-18(9-10-23-21)22(27)26-11-5-6-12-26/h3-4,7-10,14,20H,5-6,11-13,15-16H2,1-2H3/t20-/m0/s1. The van der Waals surface area contributed by atoms with E-state index in [2.05, 4.69) is 53.1 Å². The van der Waals surface area contributed by atoms with Gasteiger partial charge in [-0.1, -0.05) is 24.3 Å². The van der Waals surface area contributed by atoms with Crippen molar-refractivity contribution in [2.75, 3.05) is 38.6 Å². The lowest BCUT2D eigenvalue weighted by molar-refractivity contribution is 0.0792. The summed E-state index contributed by atoms with van der Waals surface area (Å²) in [5.41, 5.74) is 3.62. The number of amides is 1. The van der Waals surface area contributed by atoms with Crippen LogP contribution in [0.3, 0.4) is 0 Å². The molecule has 0 saturated carbocycles. The molecule has 1 saturated heterocycles. The zero-order valence-electron chi connectivity index (χ0n) is 16.3. The first-order valence-corrected chi connectivity index (χ1v) is 9.85. The zero-order chi connectivity index (χ0) is 18.8. The quantitative estimate of drug-likeness (QED) is 0.836. The van der Waals surface area contributed by atoms with E-state index < -0.39 is 0 Å². The largest absolute Gasteiger partial charge is 0.358 e. The Labute approximate surface area is 161 Å². The van der Waals surface area contributed by atoms with Gasteiger partial charge in [-0.05, 0) is 49.6 Å². The number of likely N-dealkylation sites (tertiary alicyclic amines) is 1. The molecule has 2 aliphatic heterocycles. The molecule has 1 amide bonds. The van der Waals surface area contributed by atoms with Gasteiger partial charge in [0.05, 0.1) is 0 Å². The van der Waals surface area contributed by atoms with Gasteiger partial charge in [-0.15, -0.1) is 0 Å². The summed E-state index contributed by atoms with van der Waals surface area (Å²) >= 11 is 0. The number of nitrogens with zero attached hydrogens (tertiary/aromatic N) is 4. The van der Waals surface area contributed by atoms with Crippen molar-refractivity contribution in [3.8, 4) is 0 Å². The van der Waals surface area contributed by atoms with Crippen LogP contribution in [0.1, 0.15) is 34.3 Å². The molecule has 4 rings (SSSR count). The Morgan fingerprint density at radius 2 is 1.93 bits per heavy atom. The number of fused-ring (bicyclic) bond motifs is 1. The highest BCUT2D eigenvalue weighted by Crippen LogP contribution is 2.24. The maximum absolute atomic E-state index is 12.7. The summed E-state index contributed by atoms with van der Waals surface area (Å²) in [5.74, 6) is 1.00. The van der Waals surface area contributed by atoms with E-state index in [0.29, 0.717) is 6.04 Å². The molecule has 0 aliphatic carbocycles. The minimum Gasteiger partial charge on any atom is -0.358 e. The van der Waals surface area contributed by atoms with Gasteiger partial charge in [0.15, 0.2) is 0 Å². The first-order chi connectivity index (χ1) is 13.1. The number of benzene rings is 1. The fourth-order valence-corrected chi connectivity index (χ4v) is 4.19. The second kappa shape index (κ2) is 7.69. The van der Waals surface area contributed by atoms with Crippen molar-refractivity contribution in [2.24, 2.45) is 0 Å². The van der Waals surface area contributed by atoms with E-state index >= 15 is 0 Å². The molecule has 0 radical (unpaired) electrons. The number of pyridine rings is 1. The van der Waals surface area contributed by atoms with Crippen LogP contribution in [0.5, 0.6) is 0 Å². The molecule has 142 valence electrons. The van der Waals surface area contributed by atoms with Gasteiger partial charge in [-0.2, -0.15) is 0 Å². The first kappa shape index (κ1) is 18.0. The van der Waals surface area contributed by atoms with Crippen LogP contribution in [0, 0.1) is 0 Å². The van der Waals surface area contributed by atoms with Crippen molar-refractivity contribution < 1.29 is 4.79 Å². The minimum atomic E-state index is 0.133. The van der Waals surface area contributed by atoms with Crippen LogP contribution in [-0.2, 0) is 13.0 Å². The maximum Gasteiger partial charge on any atom is 0.254 e. The average molecular weight is 364 g/mol. The lowest BCUT2D eigenvalue weighted by Crippen LogP contribution is -2.45. The number of anilines is 1. The minimum absolute atomic E-state index is 0.133. The Morgan fingerprint density at radius 1 is 1.19 bits per heavy atom. The number of hydrogen-bond donors (Lipinski definition) is 0. The van der Waals surface area contributed by atoms with E-state index in [9.17, 15) is 4.79 Å². The van der Waals surface area contributed by atoms with Gasteiger partial charge >= 0.3 is 0 Å². The third-order valence-electron chi connectivity index (χ3n) is 5.88. The second-order valence-corrected chi connectivity index (χ2v) is 7.82. The van der Waals surface area contributed by atoms with Gasteiger partial charge in [-0.25, -0.2) is 4.98 Å². The molecular formula is C22H28N4O. The summed E-state index contributed by atoms with van der Waals surface area (Å²) in [7, 11) is 4.26. The third kappa shape index (κ3) is 3.83. The Hall–Kier alpha value is -2.40. The normalized spacial score (nSPS) is 19.8. The van der Waals surface area contributed by atoms with Gasteiger partial charge in [-0.3, -0.25) is 9.69 Å². The maximum atomic E-state index is 12.7. The van der Waals surface area contributed by atoms with Crippen molar-refractivity contribution in [1.82, 2.24) is 14.8 Å². The van der Waals surface area contributed by atoms with E-state index in [-0.39, 0.29) is 5.91 Å². The van der Waals surface area contributed by atoms with E-state index in [4.69, 9.17) is 0 Å². The number of carbonyl (C=O) groups is 1. The van der Waals surface area contributed by atoms with E-state index in [1.54, 1.807) is 6.20 Å². The highest BCUT2D eigenvalue weighted by Gasteiger charge is 2.25. The van der Waals surface area contributed by atoms with Crippen molar-refractivity contribution in [3.63, 3.8) is 0 Å². The topological polar surface area (TPSA) is 39.7 Å². The summed E-state index contributed by atoms with van der Waals surface area (Å²) in [5, 5.41) is 0. The van der Waals surface area contributed by atoms with Crippen molar-refractivity contribution in [2.45, 2.75) is 31.8 Å². The number of likely N-dealkylation sites (N-methyl/N-ethyl adjacent to an activating group) is 2. The molecule has 1 fully saturated rings. The highest BCUT2D eigenvalue weighted by molar-refractivity contribution is 5.95. The first-order valence-electron chi connectivity index (χ1n) is 9.85. The lowest BCUT2D eigenvalue weighted by atomic mass is 9.94. The van der Waals surface area contributed by atoms with Gasteiger partial charge in [0.2, 0.25) is 0 Å². The van der Waals surface area contributed by atoms with Crippen LogP contribution in [0.2, 0.25) is 0 Å². The molecule has 0 spiro atoms.